The molecule has 1 saturated carbocycles. The SMILES string of the molecule is CCCNC(c1c(C)c(C)cc(C)c1C)C(C)C1CC1. The number of nitrogens with one attached hydrogen (secondary N) is 1. The van der Waals surface area contributed by atoms with E-state index >= 15 is 0 Å². The summed E-state index contributed by atoms with van der Waals surface area (Å²) in [7, 11) is 0. The molecule has 0 radical (unpaired) electrons. The summed E-state index contributed by atoms with van der Waals surface area (Å²) in [4.78, 5) is 0. The minimum absolute atomic E-state index is 0.529. The Bertz CT molecular complexity index is 445. The smallest absolute Gasteiger partial charge is 0.0354 e. The lowest BCUT2D eigenvalue weighted by atomic mass is 9.83. The standard InChI is InChI=1S/C19H31N/c1-7-10-20-19(16(6)17-8-9-17)18-14(4)12(2)11-13(3)15(18)5/h11,16-17,19-20H,7-10H2,1-6H3. The van der Waals surface area contributed by atoms with Crippen LogP contribution in [0.5, 0.6) is 0 Å². The molecule has 20 heavy (non-hydrogen) atoms. The van der Waals surface area contributed by atoms with E-state index in [0.717, 1.165) is 18.4 Å². The molecule has 2 rings (SSSR count). The van der Waals surface area contributed by atoms with E-state index in [-0.39, 0.29) is 0 Å². The van der Waals surface area contributed by atoms with Gasteiger partial charge in [-0.2, -0.15) is 0 Å². The third-order valence-electron chi connectivity index (χ3n) is 5.24. The Morgan fingerprint density at radius 2 is 1.65 bits per heavy atom. The summed E-state index contributed by atoms with van der Waals surface area (Å²) in [5.41, 5.74) is 7.45. The maximum Gasteiger partial charge on any atom is 0.0354 e. The van der Waals surface area contributed by atoms with E-state index in [1.807, 2.05) is 0 Å². The molecule has 0 aliphatic heterocycles. The minimum atomic E-state index is 0.529. The van der Waals surface area contributed by atoms with Crippen LogP contribution in [-0.4, -0.2) is 6.54 Å². The van der Waals surface area contributed by atoms with E-state index in [0.29, 0.717) is 6.04 Å². The van der Waals surface area contributed by atoms with Crippen LogP contribution in [0.15, 0.2) is 6.07 Å². The van der Waals surface area contributed by atoms with Gasteiger partial charge in [0.25, 0.3) is 0 Å². The van der Waals surface area contributed by atoms with E-state index in [9.17, 15) is 0 Å². The average Bonchev–Trinajstić information content (AvgIpc) is 3.24. The van der Waals surface area contributed by atoms with Crippen molar-refractivity contribution in [2.75, 3.05) is 6.54 Å². The summed E-state index contributed by atoms with van der Waals surface area (Å²) in [5.74, 6) is 1.68. The monoisotopic (exact) mass is 273 g/mol. The topological polar surface area (TPSA) is 12.0 Å². The molecule has 1 aliphatic carbocycles. The zero-order valence-corrected chi connectivity index (χ0v) is 14.1. The predicted octanol–water partition coefficient (Wildman–Crippen LogP) is 5.01. The first-order valence-corrected chi connectivity index (χ1v) is 8.28. The fourth-order valence-electron chi connectivity index (χ4n) is 3.46. The average molecular weight is 273 g/mol. The predicted molar refractivity (Wildman–Crippen MR) is 88.3 cm³/mol. The van der Waals surface area contributed by atoms with Crippen molar-refractivity contribution in [3.05, 3.63) is 33.9 Å². The van der Waals surface area contributed by atoms with Crippen molar-refractivity contribution < 1.29 is 0 Å². The van der Waals surface area contributed by atoms with Gasteiger partial charge in [-0.3, -0.25) is 0 Å². The zero-order valence-electron chi connectivity index (χ0n) is 14.1. The van der Waals surface area contributed by atoms with Crippen LogP contribution in [0.4, 0.5) is 0 Å². The molecule has 1 aromatic rings. The summed E-state index contributed by atoms with van der Waals surface area (Å²) in [5, 5.41) is 3.84. The largest absolute Gasteiger partial charge is 0.310 e. The van der Waals surface area contributed by atoms with Crippen LogP contribution in [0, 0.1) is 39.5 Å². The molecule has 0 heterocycles. The number of aryl methyl sites for hydroxylation is 2. The summed E-state index contributed by atoms with van der Waals surface area (Å²) in [6.07, 6.45) is 4.06. The molecule has 0 spiro atoms. The van der Waals surface area contributed by atoms with Crippen molar-refractivity contribution in [2.24, 2.45) is 11.8 Å². The molecular weight excluding hydrogens is 242 g/mol. The maximum absolute atomic E-state index is 3.84. The highest BCUT2D eigenvalue weighted by Gasteiger charge is 2.35. The Hall–Kier alpha value is -0.820. The Balaban J connectivity index is 2.41. The highest BCUT2D eigenvalue weighted by Crippen LogP contribution is 2.44. The molecule has 1 aromatic carbocycles. The molecule has 1 N–H and O–H groups in total. The molecule has 112 valence electrons. The first-order chi connectivity index (χ1) is 9.47. The van der Waals surface area contributed by atoms with Gasteiger partial charge in [-0.1, -0.05) is 19.9 Å². The molecule has 0 aromatic heterocycles. The van der Waals surface area contributed by atoms with Crippen molar-refractivity contribution in [1.29, 1.82) is 0 Å². The lowest BCUT2D eigenvalue weighted by Gasteiger charge is -2.30. The molecule has 0 bridgehead atoms. The van der Waals surface area contributed by atoms with Gasteiger partial charge in [-0.25, -0.2) is 0 Å². The summed E-state index contributed by atoms with van der Waals surface area (Å²) in [6.45, 7) is 14.9. The molecule has 1 heteroatoms. The fraction of sp³-hybridized carbons (Fsp3) is 0.684. The molecule has 1 nitrogen and oxygen atoms in total. The van der Waals surface area contributed by atoms with Crippen LogP contribution in [-0.2, 0) is 0 Å². The van der Waals surface area contributed by atoms with Crippen molar-refractivity contribution in [3.8, 4) is 0 Å². The molecule has 2 atom stereocenters. The van der Waals surface area contributed by atoms with E-state index in [1.165, 1.54) is 41.5 Å². The van der Waals surface area contributed by atoms with Gasteiger partial charge in [-0.15, -0.1) is 0 Å². The van der Waals surface area contributed by atoms with Gasteiger partial charge in [0.1, 0.15) is 0 Å². The highest BCUT2D eigenvalue weighted by atomic mass is 14.9. The van der Waals surface area contributed by atoms with Gasteiger partial charge in [0.15, 0.2) is 0 Å². The number of hydrogen-bond donors (Lipinski definition) is 1. The van der Waals surface area contributed by atoms with Gasteiger partial charge < -0.3 is 5.32 Å². The lowest BCUT2D eigenvalue weighted by molar-refractivity contribution is 0.347. The van der Waals surface area contributed by atoms with E-state index < -0.39 is 0 Å². The molecule has 2 unspecified atom stereocenters. The maximum atomic E-state index is 3.84. The van der Waals surface area contributed by atoms with Crippen molar-refractivity contribution in [3.63, 3.8) is 0 Å². The number of hydrogen-bond acceptors (Lipinski definition) is 1. The van der Waals surface area contributed by atoms with Crippen LogP contribution in [0.25, 0.3) is 0 Å². The van der Waals surface area contributed by atoms with Crippen LogP contribution in [0.1, 0.15) is 67.0 Å². The molecular formula is C19H31N. The Morgan fingerprint density at radius 1 is 1.10 bits per heavy atom. The van der Waals surface area contributed by atoms with Gasteiger partial charge in [0, 0.05) is 6.04 Å². The summed E-state index contributed by atoms with van der Waals surface area (Å²) < 4.78 is 0. The Morgan fingerprint density at radius 3 is 2.10 bits per heavy atom. The Labute approximate surface area is 125 Å². The van der Waals surface area contributed by atoms with Crippen molar-refractivity contribution >= 4 is 0 Å². The number of benzene rings is 1. The number of rotatable bonds is 6. The normalized spacial score (nSPS) is 18.1. The summed E-state index contributed by atoms with van der Waals surface area (Å²) >= 11 is 0. The van der Waals surface area contributed by atoms with Crippen molar-refractivity contribution in [2.45, 2.75) is 66.8 Å². The molecule has 1 fully saturated rings. The van der Waals surface area contributed by atoms with Gasteiger partial charge >= 0.3 is 0 Å². The molecule has 0 saturated heterocycles. The molecule has 0 amide bonds. The van der Waals surface area contributed by atoms with Crippen LogP contribution < -0.4 is 5.32 Å². The molecule has 1 aliphatic rings. The van der Waals surface area contributed by atoms with E-state index in [1.54, 1.807) is 5.56 Å². The lowest BCUT2D eigenvalue weighted by Crippen LogP contribution is -2.30. The van der Waals surface area contributed by atoms with Crippen LogP contribution in [0.3, 0.4) is 0 Å². The first-order valence-electron chi connectivity index (χ1n) is 8.28. The second kappa shape index (κ2) is 6.30. The van der Waals surface area contributed by atoms with Gasteiger partial charge in [-0.05, 0) is 93.2 Å². The third-order valence-corrected chi connectivity index (χ3v) is 5.24. The fourth-order valence-corrected chi connectivity index (χ4v) is 3.46. The van der Waals surface area contributed by atoms with Gasteiger partial charge in [0.2, 0.25) is 0 Å². The first kappa shape index (κ1) is 15.6. The van der Waals surface area contributed by atoms with E-state index in [2.05, 4.69) is 52.9 Å². The minimum Gasteiger partial charge on any atom is -0.310 e. The summed E-state index contributed by atoms with van der Waals surface area (Å²) in [6, 6.07) is 2.87. The zero-order chi connectivity index (χ0) is 14.9. The van der Waals surface area contributed by atoms with E-state index in [4.69, 9.17) is 0 Å². The van der Waals surface area contributed by atoms with Crippen molar-refractivity contribution in [1.82, 2.24) is 5.32 Å². The second-order valence-corrected chi connectivity index (χ2v) is 6.80. The van der Waals surface area contributed by atoms with Gasteiger partial charge in [0.05, 0.1) is 0 Å². The van der Waals surface area contributed by atoms with Crippen LogP contribution in [0.2, 0.25) is 0 Å². The highest BCUT2D eigenvalue weighted by molar-refractivity contribution is 5.46. The quantitative estimate of drug-likeness (QED) is 0.768. The Kier molecular flexibility index (Phi) is 4.90. The van der Waals surface area contributed by atoms with Crippen LogP contribution >= 0.6 is 0 Å². The second-order valence-electron chi connectivity index (χ2n) is 6.80. The third kappa shape index (κ3) is 3.09.